The lowest BCUT2D eigenvalue weighted by Crippen LogP contribution is -2.01. The molecule has 0 radical (unpaired) electrons. The Hall–Kier alpha value is -3.39. The number of nitrogens with zero attached hydrogens (tertiary/aromatic N) is 4. The van der Waals surface area contributed by atoms with Gasteiger partial charge in [-0.3, -0.25) is 15.5 Å². The molecule has 0 saturated heterocycles. The molecule has 3 aromatic rings. The smallest absolute Gasteiger partial charge is 0.269 e. The van der Waals surface area contributed by atoms with Crippen LogP contribution in [0.25, 0.3) is 0 Å². The van der Waals surface area contributed by atoms with E-state index in [1.165, 1.54) is 24.3 Å². The molecule has 134 valence electrons. The molecule has 27 heavy (non-hydrogen) atoms. The first-order chi connectivity index (χ1) is 13.1. The van der Waals surface area contributed by atoms with Gasteiger partial charge in [-0.05, 0) is 36.4 Å². The molecule has 0 fully saturated rings. The van der Waals surface area contributed by atoms with Crippen molar-refractivity contribution in [2.24, 2.45) is 15.3 Å². The third-order valence-corrected chi connectivity index (χ3v) is 4.02. The van der Waals surface area contributed by atoms with Gasteiger partial charge in [-0.1, -0.05) is 46.3 Å². The maximum absolute atomic E-state index is 10.7. The number of nitrogens with one attached hydrogen (secondary N) is 1. The van der Waals surface area contributed by atoms with Crippen LogP contribution in [0.5, 0.6) is 0 Å². The summed E-state index contributed by atoms with van der Waals surface area (Å²) in [6.45, 7) is 0. The molecular weight excluding hydrogens is 410 g/mol. The molecule has 0 aliphatic heterocycles. The molecule has 0 saturated carbocycles. The van der Waals surface area contributed by atoms with Crippen LogP contribution in [-0.4, -0.2) is 10.8 Å². The predicted octanol–water partition coefficient (Wildman–Crippen LogP) is 5.91. The quantitative estimate of drug-likeness (QED) is 0.181. The van der Waals surface area contributed by atoms with Crippen LogP contribution in [0.1, 0.15) is 5.56 Å². The molecule has 0 amide bonds. The van der Waals surface area contributed by atoms with Crippen molar-refractivity contribution in [1.82, 2.24) is 0 Å². The average molecular weight is 424 g/mol. The molecule has 1 N–H and O–H groups in total. The Morgan fingerprint density at radius 2 is 1.59 bits per heavy atom. The van der Waals surface area contributed by atoms with Crippen LogP contribution in [0.4, 0.5) is 17.1 Å². The van der Waals surface area contributed by atoms with E-state index in [1.807, 2.05) is 54.6 Å². The number of hydrogen-bond donors (Lipinski definition) is 1. The van der Waals surface area contributed by atoms with Gasteiger partial charge in [-0.2, -0.15) is 5.10 Å². The summed E-state index contributed by atoms with van der Waals surface area (Å²) in [5.41, 5.74) is 5.04. The lowest BCUT2D eigenvalue weighted by molar-refractivity contribution is -0.384. The molecule has 0 unspecified atom stereocenters. The first kappa shape index (κ1) is 18.4. The molecule has 0 aliphatic rings. The Labute approximate surface area is 163 Å². The second kappa shape index (κ2) is 8.81. The van der Waals surface area contributed by atoms with E-state index in [0.29, 0.717) is 11.5 Å². The number of amidine groups is 1. The average Bonchev–Trinajstić information content (AvgIpc) is 2.70. The van der Waals surface area contributed by atoms with Crippen molar-refractivity contribution in [3.05, 3.63) is 99.0 Å². The first-order valence-corrected chi connectivity index (χ1v) is 8.72. The number of hydrazone groups is 1. The summed E-state index contributed by atoms with van der Waals surface area (Å²) >= 11 is 3.39. The van der Waals surface area contributed by atoms with E-state index < -0.39 is 4.92 Å². The van der Waals surface area contributed by atoms with Crippen LogP contribution >= 0.6 is 15.9 Å². The third kappa shape index (κ3) is 5.29. The minimum atomic E-state index is -0.458. The summed E-state index contributed by atoms with van der Waals surface area (Å²) in [6, 6.07) is 22.8. The van der Waals surface area contributed by atoms with Crippen LogP contribution in [-0.2, 0) is 0 Å². The largest absolute Gasteiger partial charge is 0.276 e. The number of non-ortho nitro benzene ring substituents is 1. The highest BCUT2D eigenvalue weighted by Crippen LogP contribution is 2.19. The van der Waals surface area contributed by atoms with Crippen LogP contribution in [0.3, 0.4) is 0 Å². The molecule has 7 nitrogen and oxygen atoms in total. The zero-order valence-electron chi connectivity index (χ0n) is 14.0. The molecule has 0 spiro atoms. The van der Waals surface area contributed by atoms with Crippen LogP contribution in [0.2, 0.25) is 0 Å². The first-order valence-electron chi connectivity index (χ1n) is 7.93. The fourth-order valence-corrected chi connectivity index (χ4v) is 2.38. The van der Waals surface area contributed by atoms with Crippen molar-refractivity contribution >= 4 is 38.8 Å². The summed E-state index contributed by atoms with van der Waals surface area (Å²) in [5.74, 6) is 0.386. The van der Waals surface area contributed by atoms with Gasteiger partial charge in [0.2, 0.25) is 5.84 Å². The number of rotatable bonds is 5. The molecule has 0 aromatic heterocycles. The van der Waals surface area contributed by atoms with Crippen molar-refractivity contribution in [1.29, 1.82) is 0 Å². The van der Waals surface area contributed by atoms with E-state index in [1.54, 1.807) is 0 Å². The normalized spacial score (nSPS) is 11.5. The minimum Gasteiger partial charge on any atom is -0.276 e. The molecule has 3 rings (SSSR count). The minimum absolute atomic E-state index is 0.00260. The van der Waals surface area contributed by atoms with E-state index in [-0.39, 0.29) is 5.69 Å². The fourth-order valence-electron chi connectivity index (χ4n) is 2.12. The van der Waals surface area contributed by atoms with Crippen molar-refractivity contribution in [2.45, 2.75) is 0 Å². The van der Waals surface area contributed by atoms with E-state index in [4.69, 9.17) is 0 Å². The molecule has 0 atom stereocenters. The lowest BCUT2D eigenvalue weighted by atomic mass is 10.2. The van der Waals surface area contributed by atoms with Crippen LogP contribution < -0.4 is 5.43 Å². The van der Waals surface area contributed by atoms with Gasteiger partial charge in [-0.25, -0.2) is 0 Å². The van der Waals surface area contributed by atoms with Gasteiger partial charge in [0.1, 0.15) is 0 Å². The van der Waals surface area contributed by atoms with E-state index in [2.05, 4.69) is 36.7 Å². The Bertz CT molecular complexity index is 971. The highest BCUT2D eigenvalue weighted by Gasteiger charge is 2.05. The van der Waals surface area contributed by atoms with Crippen molar-refractivity contribution in [2.75, 3.05) is 5.43 Å². The topological polar surface area (TPSA) is 92.2 Å². The second-order valence-electron chi connectivity index (χ2n) is 5.39. The van der Waals surface area contributed by atoms with Gasteiger partial charge in [0.25, 0.3) is 5.69 Å². The number of halogens is 1. The van der Waals surface area contributed by atoms with Gasteiger partial charge < -0.3 is 0 Å². The number of hydrogen-bond acceptors (Lipinski definition) is 5. The van der Waals surface area contributed by atoms with Crippen molar-refractivity contribution < 1.29 is 4.92 Å². The number of nitro benzene ring substituents is 1. The lowest BCUT2D eigenvalue weighted by Gasteiger charge is -2.03. The van der Waals surface area contributed by atoms with E-state index in [0.717, 1.165) is 15.7 Å². The fraction of sp³-hybridized carbons (Fsp3) is 0. The zero-order chi connectivity index (χ0) is 19.1. The number of azo groups is 1. The standard InChI is InChI=1S/C19H14BrN5O2/c20-15-6-8-16(9-7-15)21-23-19(14-4-2-1-3-5-14)24-22-17-10-12-18(13-11-17)25(26)27/h1-13,21H/b23-19-,24-22?. The van der Waals surface area contributed by atoms with Crippen molar-refractivity contribution in [3.63, 3.8) is 0 Å². The summed E-state index contributed by atoms with van der Waals surface area (Å²) in [4.78, 5) is 10.3. The summed E-state index contributed by atoms with van der Waals surface area (Å²) in [7, 11) is 0. The van der Waals surface area contributed by atoms with Gasteiger partial charge >= 0.3 is 0 Å². The Kier molecular flexibility index (Phi) is 6.01. The Morgan fingerprint density at radius 3 is 2.22 bits per heavy atom. The SMILES string of the molecule is O=[N+]([O-])c1ccc(N=N/C(=N\Nc2ccc(Br)cc2)c2ccccc2)cc1. The Morgan fingerprint density at radius 1 is 0.926 bits per heavy atom. The number of nitro groups is 1. The predicted molar refractivity (Wildman–Crippen MR) is 108 cm³/mol. The highest BCUT2D eigenvalue weighted by atomic mass is 79.9. The molecule has 0 heterocycles. The molecular formula is C19H14BrN5O2. The molecule has 8 heteroatoms. The van der Waals surface area contributed by atoms with Gasteiger partial charge in [0, 0.05) is 22.2 Å². The maximum atomic E-state index is 10.7. The zero-order valence-corrected chi connectivity index (χ0v) is 15.6. The highest BCUT2D eigenvalue weighted by molar-refractivity contribution is 9.10. The monoisotopic (exact) mass is 423 g/mol. The van der Waals surface area contributed by atoms with Gasteiger partial charge in [0.05, 0.1) is 16.3 Å². The van der Waals surface area contributed by atoms with E-state index >= 15 is 0 Å². The number of benzene rings is 3. The summed E-state index contributed by atoms with van der Waals surface area (Å²) in [6.07, 6.45) is 0. The number of anilines is 1. The third-order valence-electron chi connectivity index (χ3n) is 3.49. The maximum Gasteiger partial charge on any atom is 0.269 e. The van der Waals surface area contributed by atoms with Crippen molar-refractivity contribution in [3.8, 4) is 0 Å². The van der Waals surface area contributed by atoms with Crippen LogP contribution in [0, 0.1) is 10.1 Å². The molecule has 3 aromatic carbocycles. The van der Waals surface area contributed by atoms with E-state index in [9.17, 15) is 10.1 Å². The molecule has 0 bridgehead atoms. The summed E-state index contributed by atoms with van der Waals surface area (Å²) < 4.78 is 0.971. The van der Waals surface area contributed by atoms with Gasteiger partial charge in [-0.15, -0.1) is 10.2 Å². The Balaban J connectivity index is 1.84. The van der Waals surface area contributed by atoms with Gasteiger partial charge in [0.15, 0.2) is 0 Å². The molecule has 0 aliphatic carbocycles. The second-order valence-corrected chi connectivity index (χ2v) is 6.31. The summed E-state index contributed by atoms with van der Waals surface area (Å²) in [5, 5.41) is 23.4. The van der Waals surface area contributed by atoms with Crippen LogP contribution in [0.15, 0.2) is 98.7 Å².